The molecule has 2 aromatic rings. The van der Waals surface area contributed by atoms with Crippen LogP contribution in [-0.4, -0.2) is 36.4 Å². The predicted molar refractivity (Wildman–Crippen MR) is 109 cm³/mol. The van der Waals surface area contributed by atoms with Gasteiger partial charge in [0, 0.05) is 15.7 Å². The van der Waals surface area contributed by atoms with Gasteiger partial charge in [-0.3, -0.25) is 9.59 Å². The number of methoxy groups -OCH3 is 1. The van der Waals surface area contributed by atoms with Crippen molar-refractivity contribution >= 4 is 45.5 Å². The van der Waals surface area contributed by atoms with Gasteiger partial charge in [0.2, 0.25) is 5.91 Å². The molecule has 2 aromatic carbocycles. The summed E-state index contributed by atoms with van der Waals surface area (Å²) in [6, 6.07) is 11.9. The van der Waals surface area contributed by atoms with E-state index in [-0.39, 0.29) is 12.2 Å². The minimum absolute atomic E-state index is 0.0738. The lowest BCUT2D eigenvalue weighted by molar-refractivity contribution is -0.127. The Morgan fingerprint density at radius 3 is 2.75 bits per heavy atom. The number of carbonyl (C=O) groups excluding carboxylic acids is 3. The van der Waals surface area contributed by atoms with Crippen molar-refractivity contribution in [3.05, 3.63) is 63.8 Å². The number of benzene rings is 2. The summed E-state index contributed by atoms with van der Waals surface area (Å²) in [4.78, 5) is 37.9. The highest BCUT2D eigenvalue weighted by molar-refractivity contribution is 9.10. The van der Waals surface area contributed by atoms with E-state index in [0.717, 1.165) is 14.9 Å². The number of nitrogens with one attached hydrogen (secondary N) is 2. The van der Waals surface area contributed by atoms with Crippen LogP contribution in [0.15, 0.2) is 52.6 Å². The minimum Gasteiger partial charge on any atom is -0.496 e. The van der Waals surface area contributed by atoms with E-state index < -0.39 is 17.8 Å². The zero-order valence-corrected chi connectivity index (χ0v) is 16.9. The molecule has 0 saturated carbocycles. The van der Waals surface area contributed by atoms with Crippen LogP contribution < -0.4 is 15.4 Å². The normalized spacial score (nSPS) is 15.0. The number of ether oxygens (including phenoxy) is 1. The molecule has 2 N–H and O–H groups in total. The highest BCUT2D eigenvalue weighted by Crippen LogP contribution is 2.26. The van der Waals surface area contributed by atoms with Gasteiger partial charge in [0.05, 0.1) is 7.11 Å². The first kappa shape index (κ1) is 19.6. The number of halogens is 1. The summed E-state index contributed by atoms with van der Waals surface area (Å²) >= 11 is 3.36. The zero-order valence-electron chi connectivity index (χ0n) is 15.3. The molecule has 28 heavy (non-hydrogen) atoms. The lowest BCUT2D eigenvalue weighted by Crippen LogP contribution is -2.38. The van der Waals surface area contributed by atoms with Gasteiger partial charge in [-0.25, -0.2) is 9.69 Å². The molecular weight excluding hydrogens is 426 g/mol. The smallest absolute Gasteiger partial charge is 0.329 e. The van der Waals surface area contributed by atoms with Gasteiger partial charge in [0.1, 0.15) is 18.0 Å². The van der Waals surface area contributed by atoms with Crippen molar-refractivity contribution in [2.75, 3.05) is 19.0 Å². The molecule has 0 aromatic heterocycles. The van der Waals surface area contributed by atoms with Gasteiger partial charge in [-0.1, -0.05) is 28.1 Å². The molecule has 0 unspecified atom stereocenters. The monoisotopic (exact) mass is 443 g/mol. The minimum atomic E-state index is -0.649. The molecule has 0 radical (unpaired) electrons. The van der Waals surface area contributed by atoms with Crippen LogP contribution in [0.2, 0.25) is 0 Å². The number of nitrogens with zero attached hydrogens (tertiary/aromatic N) is 1. The fourth-order valence-corrected chi connectivity index (χ4v) is 3.13. The maximum atomic E-state index is 12.6. The van der Waals surface area contributed by atoms with Crippen molar-refractivity contribution in [3.8, 4) is 5.75 Å². The van der Waals surface area contributed by atoms with Gasteiger partial charge >= 0.3 is 6.03 Å². The topological polar surface area (TPSA) is 87.7 Å². The van der Waals surface area contributed by atoms with Crippen LogP contribution in [0.3, 0.4) is 0 Å². The van der Waals surface area contributed by atoms with Gasteiger partial charge < -0.3 is 15.4 Å². The third kappa shape index (κ3) is 4.40. The summed E-state index contributed by atoms with van der Waals surface area (Å²) in [5.41, 5.74) is 2.28. The second kappa shape index (κ2) is 8.26. The van der Waals surface area contributed by atoms with Crippen LogP contribution in [0.4, 0.5) is 10.5 Å². The third-order valence-corrected chi connectivity index (χ3v) is 4.55. The molecule has 4 amide bonds. The predicted octanol–water partition coefficient (Wildman–Crippen LogP) is 3.30. The van der Waals surface area contributed by atoms with Gasteiger partial charge in [0.25, 0.3) is 5.91 Å². The SMILES string of the molecule is COc1ccc(Br)cc1/C=C1\NC(=O)N(CC(=O)Nc2cccc(C)c2)C1=O. The lowest BCUT2D eigenvalue weighted by atomic mass is 10.1. The third-order valence-electron chi connectivity index (χ3n) is 4.06. The highest BCUT2D eigenvalue weighted by Gasteiger charge is 2.35. The molecule has 1 aliphatic heterocycles. The van der Waals surface area contributed by atoms with Gasteiger partial charge in [-0.2, -0.15) is 0 Å². The molecular formula is C20H18BrN3O4. The maximum absolute atomic E-state index is 12.6. The molecule has 1 fully saturated rings. The van der Waals surface area contributed by atoms with Crippen LogP contribution in [0.5, 0.6) is 5.75 Å². The van der Waals surface area contributed by atoms with E-state index in [1.54, 1.807) is 30.3 Å². The van der Waals surface area contributed by atoms with Gasteiger partial charge in [-0.15, -0.1) is 0 Å². The fourth-order valence-electron chi connectivity index (χ4n) is 2.76. The van der Waals surface area contributed by atoms with E-state index in [2.05, 4.69) is 26.6 Å². The Bertz CT molecular complexity index is 987. The summed E-state index contributed by atoms with van der Waals surface area (Å²) in [6.07, 6.45) is 1.52. The molecule has 3 rings (SSSR count). The molecule has 0 bridgehead atoms. The van der Waals surface area contributed by atoms with Gasteiger partial charge in [0.15, 0.2) is 0 Å². The fraction of sp³-hybridized carbons (Fsp3) is 0.150. The van der Waals surface area contributed by atoms with Crippen LogP contribution in [0, 0.1) is 6.92 Å². The van der Waals surface area contributed by atoms with Crippen molar-refractivity contribution in [1.82, 2.24) is 10.2 Å². The average Bonchev–Trinajstić information content (AvgIpc) is 2.89. The van der Waals surface area contributed by atoms with E-state index in [0.29, 0.717) is 17.0 Å². The quantitative estimate of drug-likeness (QED) is 0.548. The molecule has 0 spiro atoms. The molecule has 1 aliphatic rings. The van der Waals surface area contributed by atoms with Crippen LogP contribution in [-0.2, 0) is 9.59 Å². The first-order chi connectivity index (χ1) is 13.4. The van der Waals surface area contributed by atoms with E-state index in [1.165, 1.54) is 13.2 Å². The first-order valence-electron chi connectivity index (χ1n) is 8.42. The average molecular weight is 444 g/mol. The number of anilines is 1. The summed E-state index contributed by atoms with van der Waals surface area (Å²) in [7, 11) is 1.52. The van der Waals surface area contributed by atoms with E-state index in [9.17, 15) is 14.4 Å². The Morgan fingerprint density at radius 1 is 1.25 bits per heavy atom. The van der Waals surface area contributed by atoms with Crippen molar-refractivity contribution < 1.29 is 19.1 Å². The molecule has 0 atom stereocenters. The van der Waals surface area contributed by atoms with Gasteiger partial charge in [-0.05, 0) is 48.9 Å². The molecule has 7 nitrogen and oxygen atoms in total. The number of hydrogen-bond donors (Lipinski definition) is 2. The number of imide groups is 1. The Morgan fingerprint density at radius 2 is 2.04 bits per heavy atom. The van der Waals surface area contributed by atoms with Crippen LogP contribution in [0.1, 0.15) is 11.1 Å². The molecule has 144 valence electrons. The zero-order chi connectivity index (χ0) is 20.3. The number of aryl methyl sites for hydroxylation is 1. The van der Waals surface area contributed by atoms with E-state index >= 15 is 0 Å². The van der Waals surface area contributed by atoms with Crippen molar-refractivity contribution in [1.29, 1.82) is 0 Å². The van der Waals surface area contributed by atoms with Crippen molar-refractivity contribution in [3.63, 3.8) is 0 Å². The highest BCUT2D eigenvalue weighted by atomic mass is 79.9. The molecule has 8 heteroatoms. The summed E-state index contributed by atoms with van der Waals surface area (Å²) in [5.74, 6) is -0.491. The summed E-state index contributed by atoms with van der Waals surface area (Å²) in [6.45, 7) is 1.52. The maximum Gasteiger partial charge on any atom is 0.329 e. The number of amides is 4. The summed E-state index contributed by atoms with van der Waals surface area (Å²) < 4.78 is 6.07. The number of hydrogen-bond acceptors (Lipinski definition) is 4. The molecule has 1 saturated heterocycles. The Labute approximate surface area is 170 Å². The molecule has 0 aliphatic carbocycles. The van der Waals surface area contributed by atoms with Crippen molar-refractivity contribution in [2.45, 2.75) is 6.92 Å². The largest absolute Gasteiger partial charge is 0.496 e. The number of rotatable bonds is 5. The number of carbonyl (C=O) groups is 3. The Hall–Kier alpha value is -3.13. The standard InChI is InChI=1S/C20H18BrN3O4/c1-12-4-3-5-15(8-12)22-18(25)11-24-19(26)16(23-20(24)27)10-13-9-14(21)6-7-17(13)28-2/h3-10H,11H2,1-2H3,(H,22,25)(H,23,27)/b16-10-. The van der Waals surface area contributed by atoms with Crippen molar-refractivity contribution in [2.24, 2.45) is 0 Å². The summed E-state index contributed by atoms with van der Waals surface area (Å²) in [5, 5.41) is 5.18. The van der Waals surface area contributed by atoms with Crippen LogP contribution >= 0.6 is 15.9 Å². The second-order valence-electron chi connectivity index (χ2n) is 6.18. The van der Waals surface area contributed by atoms with E-state index in [1.807, 2.05) is 19.1 Å². The first-order valence-corrected chi connectivity index (χ1v) is 9.21. The Balaban J connectivity index is 1.75. The number of urea groups is 1. The second-order valence-corrected chi connectivity index (χ2v) is 7.10. The van der Waals surface area contributed by atoms with Crippen LogP contribution in [0.25, 0.3) is 6.08 Å². The molecule has 1 heterocycles. The van der Waals surface area contributed by atoms with E-state index in [4.69, 9.17) is 4.74 Å². The lowest BCUT2D eigenvalue weighted by Gasteiger charge is -2.12. The Kier molecular flexibility index (Phi) is 5.79.